The molecule has 0 aliphatic heterocycles. The zero-order valence-corrected chi connectivity index (χ0v) is 19.3. The Kier molecular flexibility index (Phi) is 6.51. The highest BCUT2D eigenvalue weighted by Crippen LogP contribution is 2.28. The Morgan fingerprint density at radius 2 is 1.52 bits per heavy atom. The fourth-order valence-electron chi connectivity index (χ4n) is 3.36. The normalized spacial score (nSPS) is 11.4. The largest absolute Gasteiger partial charge is 0.321 e. The molecular formula is C25H28N2O3S. The number of amides is 1. The molecule has 0 aromatic heterocycles. The van der Waals surface area contributed by atoms with Crippen LogP contribution in [-0.2, 0) is 10.0 Å². The quantitative estimate of drug-likeness (QED) is 0.554. The topological polar surface area (TPSA) is 66.5 Å². The summed E-state index contributed by atoms with van der Waals surface area (Å²) < 4.78 is 27.0. The minimum Gasteiger partial charge on any atom is -0.321 e. The summed E-state index contributed by atoms with van der Waals surface area (Å²) >= 11 is 0. The third-order valence-electron chi connectivity index (χ3n) is 5.34. The SMILES string of the molecule is Cc1ccc(S(=O)(=O)N(C)c2ccc(C(=O)Nc3c(C)cccc3C(C)C)cc2)cc1. The van der Waals surface area contributed by atoms with E-state index in [-0.39, 0.29) is 16.7 Å². The maximum atomic E-state index is 12.9. The first-order chi connectivity index (χ1) is 14.6. The fourth-order valence-corrected chi connectivity index (χ4v) is 4.55. The van der Waals surface area contributed by atoms with Crippen molar-refractivity contribution < 1.29 is 13.2 Å². The van der Waals surface area contributed by atoms with E-state index in [1.54, 1.807) is 48.5 Å². The Morgan fingerprint density at radius 3 is 2.10 bits per heavy atom. The van der Waals surface area contributed by atoms with Gasteiger partial charge in [0.25, 0.3) is 15.9 Å². The summed E-state index contributed by atoms with van der Waals surface area (Å²) in [6, 6.07) is 19.3. The first kappa shape index (κ1) is 22.6. The van der Waals surface area contributed by atoms with Crippen LogP contribution in [-0.4, -0.2) is 21.4 Å². The van der Waals surface area contributed by atoms with Gasteiger partial charge in [-0.25, -0.2) is 8.42 Å². The molecule has 0 saturated heterocycles. The van der Waals surface area contributed by atoms with Crippen LogP contribution in [0.2, 0.25) is 0 Å². The van der Waals surface area contributed by atoms with E-state index in [1.807, 2.05) is 32.0 Å². The van der Waals surface area contributed by atoms with E-state index in [4.69, 9.17) is 0 Å². The molecule has 0 fully saturated rings. The lowest BCUT2D eigenvalue weighted by atomic mass is 9.98. The van der Waals surface area contributed by atoms with Crippen LogP contribution in [0.5, 0.6) is 0 Å². The second-order valence-electron chi connectivity index (χ2n) is 7.98. The molecule has 162 valence electrons. The summed E-state index contributed by atoms with van der Waals surface area (Å²) in [6.07, 6.45) is 0. The van der Waals surface area contributed by atoms with Crippen LogP contribution in [0.4, 0.5) is 11.4 Å². The molecule has 31 heavy (non-hydrogen) atoms. The van der Waals surface area contributed by atoms with Gasteiger partial charge in [0.05, 0.1) is 10.6 Å². The predicted octanol–water partition coefficient (Wildman–Crippen LogP) is 5.50. The van der Waals surface area contributed by atoms with Crippen molar-refractivity contribution in [1.29, 1.82) is 0 Å². The van der Waals surface area contributed by atoms with Crippen molar-refractivity contribution in [2.75, 3.05) is 16.7 Å². The lowest BCUT2D eigenvalue weighted by Gasteiger charge is -2.20. The average Bonchev–Trinajstić information content (AvgIpc) is 2.74. The molecular weight excluding hydrogens is 408 g/mol. The zero-order chi connectivity index (χ0) is 22.8. The highest BCUT2D eigenvalue weighted by atomic mass is 32.2. The van der Waals surface area contributed by atoms with Gasteiger partial charge in [0.1, 0.15) is 0 Å². The van der Waals surface area contributed by atoms with Crippen LogP contribution < -0.4 is 9.62 Å². The van der Waals surface area contributed by atoms with E-state index in [2.05, 4.69) is 19.2 Å². The van der Waals surface area contributed by atoms with E-state index < -0.39 is 10.0 Å². The van der Waals surface area contributed by atoms with Crippen molar-refractivity contribution in [3.05, 3.63) is 89.0 Å². The van der Waals surface area contributed by atoms with Crippen molar-refractivity contribution >= 4 is 27.3 Å². The Balaban J connectivity index is 1.82. The number of benzene rings is 3. The minimum absolute atomic E-state index is 0.225. The predicted molar refractivity (Wildman–Crippen MR) is 126 cm³/mol. The van der Waals surface area contributed by atoms with Crippen LogP contribution in [0.1, 0.15) is 46.8 Å². The first-order valence-electron chi connectivity index (χ1n) is 10.2. The summed E-state index contributed by atoms with van der Waals surface area (Å²) in [7, 11) is -2.17. The summed E-state index contributed by atoms with van der Waals surface area (Å²) in [5, 5.41) is 3.02. The number of hydrogen-bond acceptors (Lipinski definition) is 3. The van der Waals surface area contributed by atoms with Crippen molar-refractivity contribution in [2.24, 2.45) is 0 Å². The number of hydrogen-bond donors (Lipinski definition) is 1. The zero-order valence-electron chi connectivity index (χ0n) is 18.5. The van der Waals surface area contributed by atoms with Crippen LogP contribution in [0.3, 0.4) is 0 Å². The molecule has 3 aromatic rings. The summed E-state index contributed by atoms with van der Waals surface area (Å²) in [6.45, 7) is 8.05. The maximum Gasteiger partial charge on any atom is 0.264 e. The average molecular weight is 437 g/mol. The molecule has 0 heterocycles. The van der Waals surface area contributed by atoms with E-state index in [1.165, 1.54) is 11.4 Å². The van der Waals surface area contributed by atoms with Gasteiger partial charge < -0.3 is 5.32 Å². The highest BCUT2D eigenvalue weighted by molar-refractivity contribution is 7.92. The molecule has 3 aromatic carbocycles. The van der Waals surface area contributed by atoms with Crippen LogP contribution in [0.25, 0.3) is 0 Å². The number of rotatable bonds is 6. The molecule has 0 spiro atoms. The van der Waals surface area contributed by atoms with Crippen LogP contribution in [0, 0.1) is 13.8 Å². The van der Waals surface area contributed by atoms with Crippen molar-refractivity contribution in [2.45, 2.75) is 38.5 Å². The number of anilines is 2. The number of aryl methyl sites for hydroxylation is 2. The second-order valence-corrected chi connectivity index (χ2v) is 9.95. The molecule has 3 rings (SSSR count). The monoisotopic (exact) mass is 436 g/mol. The Labute approximate surface area is 184 Å². The van der Waals surface area contributed by atoms with Gasteiger partial charge in [0, 0.05) is 18.3 Å². The van der Waals surface area contributed by atoms with Gasteiger partial charge in [-0.15, -0.1) is 0 Å². The number of para-hydroxylation sites is 1. The molecule has 0 aliphatic carbocycles. The third-order valence-corrected chi connectivity index (χ3v) is 7.14. The number of carbonyl (C=O) groups is 1. The van der Waals surface area contributed by atoms with Crippen molar-refractivity contribution in [1.82, 2.24) is 0 Å². The lowest BCUT2D eigenvalue weighted by molar-refractivity contribution is 0.102. The maximum absolute atomic E-state index is 12.9. The summed E-state index contributed by atoms with van der Waals surface area (Å²) in [5.74, 6) is 0.0463. The van der Waals surface area contributed by atoms with Gasteiger partial charge in [-0.3, -0.25) is 9.10 Å². The number of carbonyl (C=O) groups excluding carboxylic acids is 1. The number of sulfonamides is 1. The van der Waals surface area contributed by atoms with Gasteiger partial charge >= 0.3 is 0 Å². The fraction of sp³-hybridized carbons (Fsp3) is 0.240. The third kappa shape index (κ3) is 4.80. The molecule has 0 aliphatic rings. The Morgan fingerprint density at radius 1 is 0.903 bits per heavy atom. The van der Waals surface area contributed by atoms with Gasteiger partial charge in [-0.05, 0) is 67.3 Å². The number of nitrogens with zero attached hydrogens (tertiary/aromatic N) is 1. The first-order valence-corrected chi connectivity index (χ1v) is 11.6. The molecule has 0 unspecified atom stereocenters. The van der Waals surface area contributed by atoms with E-state index in [9.17, 15) is 13.2 Å². The highest BCUT2D eigenvalue weighted by Gasteiger charge is 2.21. The molecule has 1 N–H and O–H groups in total. The number of nitrogens with one attached hydrogen (secondary N) is 1. The van der Waals surface area contributed by atoms with Crippen molar-refractivity contribution in [3.63, 3.8) is 0 Å². The lowest BCUT2D eigenvalue weighted by Crippen LogP contribution is -2.26. The molecule has 0 saturated carbocycles. The van der Waals surface area contributed by atoms with E-state index >= 15 is 0 Å². The van der Waals surface area contributed by atoms with E-state index in [0.29, 0.717) is 11.3 Å². The van der Waals surface area contributed by atoms with E-state index in [0.717, 1.165) is 22.4 Å². The minimum atomic E-state index is -3.68. The van der Waals surface area contributed by atoms with Crippen molar-refractivity contribution in [3.8, 4) is 0 Å². The van der Waals surface area contributed by atoms with Crippen LogP contribution in [0.15, 0.2) is 71.6 Å². The summed E-state index contributed by atoms with van der Waals surface area (Å²) in [4.78, 5) is 13.1. The van der Waals surface area contributed by atoms with Gasteiger partial charge in [0.15, 0.2) is 0 Å². The molecule has 0 radical (unpaired) electrons. The standard InChI is InChI=1S/C25H28N2O3S/c1-17(2)23-8-6-7-19(4)24(23)26-25(28)20-11-13-21(14-12-20)27(5)31(29,30)22-15-9-18(3)10-16-22/h6-17H,1-5H3,(H,26,28). The van der Waals surface area contributed by atoms with Gasteiger partial charge in [0.2, 0.25) is 0 Å². The smallest absolute Gasteiger partial charge is 0.264 e. The Hall–Kier alpha value is -3.12. The Bertz CT molecular complexity index is 1180. The summed E-state index contributed by atoms with van der Waals surface area (Å²) in [5.41, 5.74) is 4.84. The molecule has 6 heteroatoms. The molecule has 0 bridgehead atoms. The van der Waals surface area contributed by atoms with Crippen LogP contribution >= 0.6 is 0 Å². The molecule has 1 amide bonds. The molecule has 5 nitrogen and oxygen atoms in total. The van der Waals surface area contributed by atoms with Gasteiger partial charge in [-0.1, -0.05) is 49.7 Å². The van der Waals surface area contributed by atoms with Gasteiger partial charge in [-0.2, -0.15) is 0 Å². The second kappa shape index (κ2) is 8.94. The molecule has 0 atom stereocenters.